The summed E-state index contributed by atoms with van der Waals surface area (Å²) in [6, 6.07) is 5.91. The van der Waals surface area contributed by atoms with E-state index in [9.17, 15) is 4.79 Å². The molecule has 1 atom stereocenters. The maximum Gasteiger partial charge on any atom is 0.419 e. The number of aromatic nitrogens is 1. The molecule has 3 rings (SSSR count). The second-order valence-electron chi connectivity index (χ2n) is 6.16. The Morgan fingerprint density at radius 2 is 1.86 bits per heavy atom. The molecular weight excluding hydrogens is 286 g/mol. The Morgan fingerprint density at radius 3 is 2.57 bits per heavy atom. The number of halogens is 1. The SMILES string of the molecule is Cn1c(=O)oc2cc(C(Cl)C3CCCCCCC3)ccc21. The lowest BCUT2D eigenvalue weighted by Gasteiger charge is -2.24. The van der Waals surface area contributed by atoms with Crippen LogP contribution in [-0.2, 0) is 7.05 Å². The van der Waals surface area contributed by atoms with Gasteiger partial charge in [0.1, 0.15) is 0 Å². The third kappa shape index (κ3) is 3.03. The normalized spacial score (nSPS) is 19.3. The van der Waals surface area contributed by atoms with Gasteiger partial charge in [-0.25, -0.2) is 4.79 Å². The van der Waals surface area contributed by atoms with E-state index in [0.29, 0.717) is 11.5 Å². The number of aryl methyl sites for hydroxylation is 1. The van der Waals surface area contributed by atoms with Crippen molar-refractivity contribution < 1.29 is 4.42 Å². The highest BCUT2D eigenvalue weighted by Crippen LogP contribution is 2.38. The summed E-state index contributed by atoms with van der Waals surface area (Å²) in [7, 11) is 1.72. The predicted octanol–water partition coefficient (Wildman–Crippen LogP) is 4.77. The fourth-order valence-corrected chi connectivity index (χ4v) is 3.76. The van der Waals surface area contributed by atoms with E-state index in [4.69, 9.17) is 16.0 Å². The Morgan fingerprint density at radius 1 is 1.19 bits per heavy atom. The minimum atomic E-state index is -0.320. The molecule has 0 saturated heterocycles. The number of alkyl halides is 1. The zero-order valence-corrected chi connectivity index (χ0v) is 13.2. The number of fused-ring (bicyclic) bond motifs is 1. The quantitative estimate of drug-likeness (QED) is 0.749. The van der Waals surface area contributed by atoms with Crippen LogP contribution < -0.4 is 5.76 Å². The molecule has 0 bridgehead atoms. The van der Waals surface area contributed by atoms with E-state index in [1.54, 1.807) is 7.05 Å². The largest absolute Gasteiger partial charge is 0.419 e. The molecule has 0 aliphatic heterocycles. The van der Waals surface area contributed by atoms with Gasteiger partial charge >= 0.3 is 5.76 Å². The van der Waals surface area contributed by atoms with E-state index in [-0.39, 0.29) is 11.1 Å². The Balaban J connectivity index is 1.86. The molecule has 0 radical (unpaired) electrons. The molecule has 2 aromatic rings. The zero-order valence-electron chi connectivity index (χ0n) is 12.5. The van der Waals surface area contributed by atoms with Crippen LogP contribution in [-0.4, -0.2) is 4.57 Å². The van der Waals surface area contributed by atoms with E-state index >= 15 is 0 Å². The molecule has 1 aromatic heterocycles. The van der Waals surface area contributed by atoms with Crippen molar-refractivity contribution in [1.82, 2.24) is 4.57 Å². The number of benzene rings is 1. The van der Waals surface area contributed by atoms with Crippen LogP contribution in [0.5, 0.6) is 0 Å². The standard InChI is InChI=1S/C17H22ClNO2/c1-19-14-10-9-13(11-15(14)21-17(19)20)16(18)12-7-5-3-2-4-6-8-12/h9-12,16H,2-8H2,1H3. The summed E-state index contributed by atoms with van der Waals surface area (Å²) in [6.45, 7) is 0. The fraction of sp³-hybridized carbons (Fsp3) is 0.588. The van der Waals surface area contributed by atoms with E-state index < -0.39 is 0 Å². The third-order valence-electron chi connectivity index (χ3n) is 4.70. The molecule has 1 heterocycles. The average molecular weight is 308 g/mol. The van der Waals surface area contributed by atoms with Crippen LogP contribution in [0.2, 0.25) is 0 Å². The third-order valence-corrected chi connectivity index (χ3v) is 5.31. The number of rotatable bonds is 2. The number of oxazole rings is 1. The van der Waals surface area contributed by atoms with Gasteiger partial charge in [0.25, 0.3) is 0 Å². The molecule has 1 unspecified atom stereocenters. The minimum absolute atomic E-state index is 0.0120. The number of nitrogens with zero attached hydrogens (tertiary/aromatic N) is 1. The van der Waals surface area contributed by atoms with Gasteiger partial charge in [-0.15, -0.1) is 11.6 Å². The minimum Gasteiger partial charge on any atom is -0.408 e. The lowest BCUT2D eigenvalue weighted by Crippen LogP contribution is -2.10. The summed E-state index contributed by atoms with van der Waals surface area (Å²) < 4.78 is 6.80. The van der Waals surface area contributed by atoms with Crippen LogP contribution >= 0.6 is 11.6 Å². The van der Waals surface area contributed by atoms with Gasteiger partial charge in [-0.3, -0.25) is 4.57 Å². The van der Waals surface area contributed by atoms with Crippen molar-refractivity contribution in [2.24, 2.45) is 13.0 Å². The van der Waals surface area contributed by atoms with Crippen LogP contribution in [0.15, 0.2) is 27.4 Å². The zero-order chi connectivity index (χ0) is 14.8. The first-order chi connectivity index (χ1) is 10.2. The molecule has 1 aliphatic carbocycles. The van der Waals surface area contributed by atoms with Crippen molar-refractivity contribution in [1.29, 1.82) is 0 Å². The van der Waals surface area contributed by atoms with Crippen LogP contribution in [0.1, 0.15) is 55.9 Å². The van der Waals surface area contributed by atoms with Crippen molar-refractivity contribution >= 4 is 22.7 Å². The maximum absolute atomic E-state index is 11.6. The van der Waals surface area contributed by atoms with E-state index in [2.05, 4.69) is 0 Å². The monoisotopic (exact) mass is 307 g/mol. The highest BCUT2D eigenvalue weighted by atomic mass is 35.5. The molecule has 1 aromatic carbocycles. The van der Waals surface area contributed by atoms with E-state index in [1.165, 1.54) is 49.5 Å². The van der Waals surface area contributed by atoms with Crippen molar-refractivity contribution in [2.45, 2.75) is 50.3 Å². The Bertz CT molecular complexity index is 665. The predicted molar refractivity (Wildman–Crippen MR) is 85.9 cm³/mol. The first-order valence-corrected chi connectivity index (χ1v) is 8.34. The summed E-state index contributed by atoms with van der Waals surface area (Å²) in [5.41, 5.74) is 2.53. The van der Waals surface area contributed by atoms with Gasteiger partial charge in [0.2, 0.25) is 0 Å². The molecule has 1 fully saturated rings. The highest BCUT2D eigenvalue weighted by molar-refractivity contribution is 6.21. The summed E-state index contributed by atoms with van der Waals surface area (Å²) in [5, 5.41) is 0.0120. The van der Waals surface area contributed by atoms with Gasteiger partial charge in [-0.05, 0) is 36.5 Å². The molecule has 1 aliphatic rings. The van der Waals surface area contributed by atoms with Gasteiger partial charge in [0.05, 0.1) is 10.9 Å². The average Bonchev–Trinajstić information content (AvgIpc) is 2.73. The van der Waals surface area contributed by atoms with Gasteiger partial charge in [0.15, 0.2) is 5.58 Å². The molecule has 0 spiro atoms. The summed E-state index contributed by atoms with van der Waals surface area (Å²) in [6.07, 6.45) is 8.96. The second-order valence-corrected chi connectivity index (χ2v) is 6.63. The summed E-state index contributed by atoms with van der Waals surface area (Å²) >= 11 is 6.73. The molecule has 3 nitrogen and oxygen atoms in total. The Hall–Kier alpha value is -1.22. The van der Waals surface area contributed by atoms with Gasteiger partial charge in [-0.1, -0.05) is 38.2 Å². The van der Waals surface area contributed by atoms with Crippen LogP contribution in [0.4, 0.5) is 0 Å². The molecular formula is C17H22ClNO2. The second kappa shape index (κ2) is 6.27. The molecule has 1 saturated carbocycles. The Kier molecular flexibility index (Phi) is 4.39. The van der Waals surface area contributed by atoms with Crippen LogP contribution in [0.25, 0.3) is 11.1 Å². The smallest absolute Gasteiger partial charge is 0.408 e. The first-order valence-electron chi connectivity index (χ1n) is 7.90. The van der Waals surface area contributed by atoms with Gasteiger partial charge in [-0.2, -0.15) is 0 Å². The van der Waals surface area contributed by atoms with Crippen LogP contribution in [0, 0.1) is 5.92 Å². The molecule has 21 heavy (non-hydrogen) atoms. The van der Waals surface area contributed by atoms with Gasteiger partial charge < -0.3 is 4.42 Å². The first kappa shape index (κ1) is 14.7. The number of hydrogen-bond donors (Lipinski definition) is 0. The lowest BCUT2D eigenvalue weighted by molar-refractivity contribution is 0.368. The number of hydrogen-bond acceptors (Lipinski definition) is 2. The molecule has 4 heteroatoms. The highest BCUT2D eigenvalue weighted by Gasteiger charge is 2.22. The van der Waals surface area contributed by atoms with Crippen molar-refractivity contribution in [3.05, 3.63) is 34.3 Å². The van der Waals surface area contributed by atoms with Crippen LogP contribution in [0.3, 0.4) is 0 Å². The van der Waals surface area contributed by atoms with Gasteiger partial charge in [0, 0.05) is 7.05 Å². The maximum atomic E-state index is 11.6. The lowest BCUT2D eigenvalue weighted by atomic mass is 9.86. The van der Waals surface area contributed by atoms with Crippen molar-refractivity contribution in [2.75, 3.05) is 0 Å². The topological polar surface area (TPSA) is 35.1 Å². The molecule has 114 valence electrons. The van der Waals surface area contributed by atoms with E-state index in [1.807, 2.05) is 18.2 Å². The van der Waals surface area contributed by atoms with Crippen molar-refractivity contribution in [3.63, 3.8) is 0 Å². The molecule has 0 N–H and O–H groups in total. The van der Waals surface area contributed by atoms with E-state index in [0.717, 1.165) is 11.1 Å². The fourth-order valence-electron chi connectivity index (χ4n) is 3.37. The van der Waals surface area contributed by atoms with Crippen molar-refractivity contribution in [3.8, 4) is 0 Å². The summed E-state index contributed by atoms with van der Waals surface area (Å²) in [5.74, 6) is 0.207. The Labute approximate surface area is 129 Å². The molecule has 0 amide bonds. The summed E-state index contributed by atoms with van der Waals surface area (Å²) in [4.78, 5) is 11.6.